The molecule has 0 aliphatic carbocycles. The number of aryl methyl sites for hydroxylation is 2. The van der Waals surface area contributed by atoms with E-state index in [1.54, 1.807) is 0 Å². The second-order valence-corrected chi connectivity index (χ2v) is 7.42. The van der Waals surface area contributed by atoms with Gasteiger partial charge < -0.3 is 10.2 Å². The van der Waals surface area contributed by atoms with Crippen LogP contribution in [-0.2, 0) is 28.9 Å². The molecule has 0 heterocycles. The molecule has 0 fully saturated rings. The molecule has 0 unspecified atom stereocenters. The fraction of sp³-hybridized carbons (Fsp3) is 0.652. The lowest BCUT2D eigenvalue weighted by Crippen LogP contribution is -2.03. The first-order chi connectivity index (χ1) is 13.0. The first-order valence-electron chi connectivity index (χ1n) is 10.6. The largest absolute Gasteiger partial charge is 0.481 e. The summed E-state index contributed by atoms with van der Waals surface area (Å²) in [6.45, 7) is 2.23. The smallest absolute Gasteiger partial charge is 0.303 e. The number of carbonyl (C=O) groups is 2. The summed E-state index contributed by atoms with van der Waals surface area (Å²) < 4.78 is 0. The first-order valence-corrected chi connectivity index (χ1v) is 10.6. The van der Waals surface area contributed by atoms with Crippen molar-refractivity contribution in [1.82, 2.24) is 0 Å². The van der Waals surface area contributed by atoms with Gasteiger partial charge in [-0.1, -0.05) is 50.8 Å². The SMILES string of the molecule is CCCCCCCc1cccc(CCCCC(=O)O)c1CCCCC(=O)O. The Hall–Kier alpha value is -1.84. The first kappa shape index (κ1) is 23.2. The Bertz CT molecular complexity index is 565. The Morgan fingerprint density at radius 3 is 1.70 bits per heavy atom. The van der Waals surface area contributed by atoms with Crippen molar-refractivity contribution in [2.75, 3.05) is 0 Å². The second-order valence-electron chi connectivity index (χ2n) is 7.42. The maximum Gasteiger partial charge on any atom is 0.303 e. The molecule has 0 saturated carbocycles. The normalized spacial score (nSPS) is 10.9. The van der Waals surface area contributed by atoms with Gasteiger partial charge in [-0.15, -0.1) is 0 Å². The molecular formula is C23H36O4. The summed E-state index contributed by atoms with van der Waals surface area (Å²) in [4.78, 5) is 21.5. The molecule has 0 spiro atoms. The van der Waals surface area contributed by atoms with Gasteiger partial charge in [-0.3, -0.25) is 9.59 Å². The van der Waals surface area contributed by atoms with Crippen LogP contribution >= 0.6 is 0 Å². The van der Waals surface area contributed by atoms with Gasteiger partial charge in [0.15, 0.2) is 0 Å². The number of hydrogen-bond donors (Lipinski definition) is 2. The van der Waals surface area contributed by atoms with E-state index in [1.807, 2.05) is 0 Å². The molecule has 0 aliphatic heterocycles. The van der Waals surface area contributed by atoms with Crippen LogP contribution in [0.5, 0.6) is 0 Å². The van der Waals surface area contributed by atoms with Gasteiger partial charge in [-0.05, 0) is 68.1 Å². The highest BCUT2D eigenvalue weighted by Crippen LogP contribution is 2.22. The van der Waals surface area contributed by atoms with Gasteiger partial charge in [0.1, 0.15) is 0 Å². The molecule has 0 radical (unpaired) electrons. The van der Waals surface area contributed by atoms with Crippen molar-refractivity contribution < 1.29 is 19.8 Å². The predicted octanol–water partition coefficient (Wildman–Crippen LogP) is 5.79. The van der Waals surface area contributed by atoms with E-state index < -0.39 is 11.9 Å². The van der Waals surface area contributed by atoms with Gasteiger partial charge >= 0.3 is 11.9 Å². The molecule has 4 heteroatoms. The van der Waals surface area contributed by atoms with Gasteiger partial charge in [-0.2, -0.15) is 0 Å². The maximum atomic E-state index is 10.8. The number of unbranched alkanes of at least 4 members (excludes halogenated alkanes) is 6. The molecule has 0 bridgehead atoms. The average molecular weight is 377 g/mol. The van der Waals surface area contributed by atoms with Gasteiger partial charge in [0.2, 0.25) is 0 Å². The molecule has 1 aromatic rings. The molecule has 27 heavy (non-hydrogen) atoms. The minimum absolute atomic E-state index is 0.227. The van der Waals surface area contributed by atoms with E-state index in [2.05, 4.69) is 25.1 Å². The fourth-order valence-electron chi connectivity index (χ4n) is 3.57. The summed E-state index contributed by atoms with van der Waals surface area (Å²) in [6, 6.07) is 6.50. The summed E-state index contributed by atoms with van der Waals surface area (Å²) >= 11 is 0. The highest BCUT2D eigenvalue weighted by atomic mass is 16.4. The molecule has 1 rings (SSSR count). The molecule has 0 aliphatic rings. The van der Waals surface area contributed by atoms with Crippen molar-refractivity contribution in [3.05, 3.63) is 34.9 Å². The number of hydrogen-bond acceptors (Lipinski definition) is 2. The molecule has 152 valence electrons. The van der Waals surface area contributed by atoms with E-state index >= 15 is 0 Å². The van der Waals surface area contributed by atoms with Gasteiger partial charge in [0.25, 0.3) is 0 Å². The quantitative estimate of drug-likeness (QED) is 0.358. The molecular weight excluding hydrogens is 340 g/mol. The average Bonchev–Trinajstić information content (AvgIpc) is 2.63. The van der Waals surface area contributed by atoms with Crippen molar-refractivity contribution in [1.29, 1.82) is 0 Å². The van der Waals surface area contributed by atoms with Crippen molar-refractivity contribution in [3.8, 4) is 0 Å². The van der Waals surface area contributed by atoms with Crippen LogP contribution in [-0.4, -0.2) is 22.2 Å². The summed E-state index contributed by atoms with van der Waals surface area (Å²) in [7, 11) is 0. The highest BCUT2D eigenvalue weighted by Gasteiger charge is 2.09. The van der Waals surface area contributed by atoms with Crippen LogP contribution in [0.2, 0.25) is 0 Å². The molecule has 0 saturated heterocycles. The Morgan fingerprint density at radius 1 is 0.704 bits per heavy atom. The summed E-state index contributed by atoms with van der Waals surface area (Å²) in [5, 5.41) is 17.7. The van der Waals surface area contributed by atoms with E-state index in [9.17, 15) is 9.59 Å². The number of benzene rings is 1. The lowest BCUT2D eigenvalue weighted by atomic mass is 9.90. The summed E-state index contributed by atoms with van der Waals surface area (Å²) in [6.07, 6.45) is 12.9. The van der Waals surface area contributed by atoms with Gasteiger partial charge in [0.05, 0.1) is 0 Å². The number of aliphatic carboxylic acids is 2. The van der Waals surface area contributed by atoms with E-state index in [0.717, 1.165) is 32.1 Å². The molecule has 4 nitrogen and oxygen atoms in total. The summed E-state index contributed by atoms with van der Waals surface area (Å²) in [5.41, 5.74) is 4.10. The van der Waals surface area contributed by atoms with E-state index in [1.165, 1.54) is 48.8 Å². The van der Waals surface area contributed by atoms with Crippen LogP contribution in [0.4, 0.5) is 0 Å². The van der Waals surface area contributed by atoms with E-state index in [4.69, 9.17) is 10.2 Å². The molecule has 0 aromatic heterocycles. The minimum Gasteiger partial charge on any atom is -0.481 e. The molecule has 0 atom stereocenters. The monoisotopic (exact) mass is 376 g/mol. The van der Waals surface area contributed by atoms with Crippen LogP contribution in [0.25, 0.3) is 0 Å². The lowest BCUT2D eigenvalue weighted by Gasteiger charge is -2.15. The Labute approximate surface area is 164 Å². The zero-order valence-electron chi connectivity index (χ0n) is 16.8. The summed E-state index contributed by atoms with van der Waals surface area (Å²) in [5.74, 6) is -1.46. The van der Waals surface area contributed by atoms with Crippen molar-refractivity contribution in [3.63, 3.8) is 0 Å². The van der Waals surface area contributed by atoms with Crippen LogP contribution in [0, 0.1) is 0 Å². The Balaban J connectivity index is 2.68. The van der Waals surface area contributed by atoms with Crippen molar-refractivity contribution >= 4 is 11.9 Å². The number of carboxylic acid groups (broad SMARTS) is 2. The van der Waals surface area contributed by atoms with Crippen molar-refractivity contribution in [2.24, 2.45) is 0 Å². The molecule has 0 amide bonds. The van der Waals surface area contributed by atoms with Crippen LogP contribution in [0.1, 0.15) is 94.2 Å². The zero-order chi connectivity index (χ0) is 19.9. The second kappa shape index (κ2) is 14.2. The Kier molecular flexibility index (Phi) is 12.2. The third kappa shape index (κ3) is 10.8. The van der Waals surface area contributed by atoms with Crippen LogP contribution in [0.15, 0.2) is 18.2 Å². The Morgan fingerprint density at radius 2 is 1.19 bits per heavy atom. The highest BCUT2D eigenvalue weighted by molar-refractivity contribution is 5.66. The van der Waals surface area contributed by atoms with E-state index in [0.29, 0.717) is 12.8 Å². The third-order valence-corrected chi connectivity index (χ3v) is 5.07. The predicted molar refractivity (Wildman–Crippen MR) is 109 cm³/mol. The number of rotatable bonds is 16. The number of carboxylic acids is 2. The molecule has 2 N–H and O–H groups in total. The van der Waals surface area contributed by atoms with Gasteiger partial charge in [0, 0.05) is 12.8 Å². The minimum atomic E-state index is -0.732. The zero-order valence-corrected chi connectivity index (χ0v) is 16.8. The van der Waals surface area contributed by atoms with Crippen LogP contribution < -0.4 is 0 Å². The van der Waals surface area contributed by atoms with Crippen molar-refractivity contribution in [2.45, 2.75) is 96.8 Å². The topological polar surface area (TPSA) is 74.6 Å². The van der Waals surface area contributed by atoms with E-state index in [-0.39, 0.29) is 12.8 Å². The van der Waals surface area contributed by atoms with Crippen LogP contribution in [0.3, 0.4) is 0 Å². The molecule has 1 aromatic carbocycles. The lowest BCUT2D eigenvalue weighted by molar-refractivity contribution is -0.138. The fourth-order valence-corrected chi connectivity index (χ4v) is 3.57. The standard InChI is InChI=1S/C23H36O4/c1-2-3-4-5-6-12-19-14-11-15-20(13-7-9-17-22(24)25)21(19)16-8-10-18-23(26)27/h11,14-15H,2-10,12-13,16-18H2,1H3,(H,24,25)(H,26,27). The third-order valence-electron chi connectivity index (χ3n) is 5.07. The maximum absolute atomic E-state index is 10.8. The van der Waals surface area contributed by atoms with Gasteiger partial charge in [-0.25, -0.2) is 0 Å².